The summed E-state index contributed by atoms with van der Waals surface area (Å²) in [6.07, 6.45) is -0.591. The third kappa shape index (κ3) is 11.6. The Bertz CT molecular complexity index is 335. The van der Waals surface area contributed by atoms with E-state index < -0.39 is 19.5 Å². The molecular formula is C11H26N3O6P. The Balaban J connectivity index is 4.07. The molecule has 1 amide bonds. The fraction of sp³-hybridized carbons (Fsp3) is 0.909. The van der Waals surface area contributed by atoms with Gasteiger partial charge in [0, 0.05) is 19.6 Å². The van der Waals surface area contributed by atoms with Crippen molar-refractivity contribution in [2.75, 3.05) is 39.5 Å². The van der Waals surface area contributed by atoms with E-state index in [0.717, 1.165) is 0 Å². The molecule has 10 heteroatoms. The van der Waals surface area contributed by atoms with Crippen LogP contribution in [0, 0.1) is 0 Å². The van der Waals surface area contributed by atoms with Gasteiger partial charge >= 0.3 is 13.9 Å². The second kappa shape index (κ2) is 10.1. The first kappa shape index (κ1) is 20.3. The number of alkyl carbamates (subject to hydrolysis) is 1. The molecular weight excluding hydrogens is 301 g/mol. The number of amides is 1. The molecule has 0 rings (SSSR count). The molecule has 0 aromatic carbocycles. The highest BCUT2D eigenvalue weighted by molar-refractivity contribution is 7.48. The monoisotopic (exact) mass is 327 g/mol. The maximum Gasteiger partial charge on any atom is 0.474 e. The zero-order chi connectivity index (χ0) is 16.4. The number of phosphoric acid groups is 1. The lowest BCUT2D eigenvalue weighted by molar-refractivity contribution is 0.0509. The predicted octanol–water partition coefficient (Wildman–Crippen LogP) is 0.586. The summed E-state index contributed by atoms with van der Waals surface area (Å²) in [5.41, 5.74) is 9.94. The van der Waals surface area contributed by atoms with E-state index in [-0.39, 0.29) is 39.5 Å². The summed E-state index contributed by atoms with van der Waals surface area (Å²) in [7, 11) is -3.71. The molecule has 126 valence electrons. The molecule has 0 aromatic rings. The van der Waals surface area contributed by atoms with E-state index in [1.807, 2.05) is 0 Å². The lowest BCUT2D eigenvalue weighted by Gasteiger charge is -2.20. The number of hydrogen-bond acceptors (Lipinski definition) is 8. The first-order valence-corrected chi connectivity index (χ1v) is 8.09. The van der Waals surface area contributed by atoms with Gasteiger partial charge < -0.3 is 21.5 Å². The van der Waals surface area contributed by atoms with Crippen LogP contribution in [0.25, 0.3) is 0 Å². The number of rotatable bonds is 10. The van der Waals surface area contributed by atoms with Crippen LogP contribution in [0.4, 0.5) is 4.79 Å². The van der Waals surface area contributed by atoms with Gasteiger partial charge in [0.1, 0.15) is 5.60 Å². The van der Waals surface area contributed by atoms with Crippen LogP contribution in [-0.2, 0) is 22.9 Å². The van der Waals surface area contributed by atoms with Crippen molar-refractivity contribution in [1.82, 2.24) is 5.32 Å². The van der Waals surface area contributed by atoms with Crippen LogP contribution >= 0.6 is 7.82 Å². The largest absolute Gasteiger partial charge is 0.474 e. The van der Waals surface area contributed by atoms with Crippen molar-refractivity contribution >= 4 is 13.9 Å². The summed E-state index contributed by atoms with van der Waals surface area (Å²) in [6, 6.07) is 0. The van der Waals surface area contributed by atoms with Gasteiger partial charge in [-0.2, -0.15) is 0 Å². The van der Waals surface area contributed by atoms with E-state index in [2.05, 4.69) is 5.32 Å². The van der Waals surface area contributed by atoms with E-state index in [9.17, 15) is 9.36 Å². The molecule has 0 aliphatic rings. The van der Waals surface area contributed by atoms with Gasteiger partial charge in [-0.1, -0.05) is 0 Å². The minimum Gasteiger partial charge on any atom is -0.444 e. The Morgan fingerprint density at radius 1 is 1.05 bits per heavy atom. The average Bonchev–Trinajstić information content (AvgIpc) is 2.37. The summed E-state index contributed by atoms with van der Waals surface area (Å²) >= 11 is 0. The van der Waals surface area contributed by atoms with Crippen LogP contribution in [0.3, 0.4) is 0 Å². The van der Waals surface area contributed by atoms with Crippen LogP contribution in [0.2, 0.25) is 0 Å². The second-order valence-corrected chi connectivity index (χ2v) is 6.62. The SMILES string of the molecule is CC(C)(C)OC(=O)NCCOP(=O)(OCCN)OCCN. The highest BCUT2D eigenvalue weighted by Crippen LogP contribution is 2.48. The van der Waals surface area contributed by atoms with Gasteiger partial charge in [-0.05, 0) is 20.8 Å². The Kier molecular flexibility index (Phi) is 9.76. The number of carbonyl (C=O) groups is 1. The van der Waals surface area contributed by atoms with E-state index in [0.29, 0.717) is 0 Å². The molecule has 0 heterocycles. The topological polar surface area (TPSA) is 135 Å². The highest BCUT2D eigenvalue weighted by Gasteiger charge is 2.26. The van der Waals surface area contributed by atoms with Crippen LogP contribution in [0.1, 0.15) is 20.8 Å². The molecule has 0 saturated heterocycles. The first-order chi connectivity index (χ1) is 9.72. The maximum atomic E-state index is 12.1. The standard InChI is InChI=1S/C11H26N3O6P/c1-11(2,3)20-10(15)14-6-9-19-21(16,17-7-4-12)18-8-5-13/h4-9,12-13H2,1-3H3,(H,14,15). The summed E-state index contributed by atoms with van der Waals surface area (Å²) in [5.74, 6) is 0. The zero-order valence-corrected chi connectivity index (χ0v) is 13.7. The van der Waals surface area contributed by atoms with Crippen molar-refractivity contribution in [3.8, 4) is 0 Å². The molecule has 0 radical (unpaired) electrons. The predicted molar refractivity (Wildman–Crippen MR) is 77.8 cm³/mol. The molecule has 0 aliphatic carbocycles. The van der Waals surface area contributed by atoms with Crippen LogP contribution in [-0.4, -0.2) is 51.1 Å². The lowest BCUT2D eigenvalue weighted by atomic mass is 10.2. The van der Waals surface area contributed by atoms with E-state index >= 15 is 0 Å². The molecule has 0 spiro atoms. The minimum absolute atomic E-state index is 0.0291. The number of carbonyl (C=O) groups excluding carboxylic acids is 1. The number of hydrogen-bond donors (Lipinski definition) is 3. The van der Waals surface area contributed by atoms with E-state index in [1.165, 1.54) is 0 Å². The van der Waals surface area contributed by atoms with Crippen molar-refractivity contribution < 1.29 is 27.7 Å². The van der Waals surface area contributed by atoms with E-state index in [1.54, 1.807) is 20.8 Å². The molecule has 21 heavy (non-hydrogen) atoms. The van der Waals surface area contributed by atoms with Crippen molar-refractivity contribution in [2.45, 2.75) is 26.4 Å². The minimum atomic E-state index is -3.71. The van der Waals surface area contributed by atoms with Gasteiger partial charge in [0.25, 0.3) is 0 Å². The Labute approximate surface area is 125 Å². The first-order valence-electron chi connectivity index (χ1n) is 6.63. The normalized spacial score (nSPS) is 12.2. The third-order valence-corrected chi connectivity index (χ3v) is 3.25. The van der Waals surface area contributed by atoms with Gasteiger partial charge in [-0.15, -0.1) is 0 Å². The highest BCUT2D eigenvalue weighted by atomic mass is 31.2. The number of phosphoric ester groups is 1. The molecule has 0 bridgehead atoms. The molecule has 5 N–H and O–H groups in total. The molecule has 0 atom stereocenters. The zero-order valence-electron chi connectivity index (χ0n) is 12.8. The number of nitrogens with two attached hydrogens (primary N) is 2. The quantitative estimate of drug-likeness (QED) is 0.392. The lowest BCUT2D eigenvalue weighted by Crippen LogP contribution is -2.34. The van der Waals surface area contributed by atoms with Crippen molar-refractivity contribution in [1.29, 1.82) is 0 Å². The van der Waals surface area contributed by atoms with Crippen molar-refractivity contribution in [3.63, 3.8) is 0 Å². The summed E-state index contributed by atoms with van der Waals surface area (Å²) < 4.78 is 32.1. The van der Waals surface area contributed by atoms with Gasteiger partial charge in [-0.25, -0.2) is 9.36 Å². The van der Waals surface area contributed by atoms with Gasteiger partial charge in [0.05, 0.1) is 19.8 Å². The second-order valence-electron chi connectivity index (χ2n) is 4.95. The van der Waals surface area contributed by atoms with Gasteiger partial charge in [0.15, 0.2) is 0 Å². The molecule has 0 unspecified atom stereocenters. The molecule has 0 fully saturated rings. The average molecular weight is 327 g/mol. The fourth-order valence-electron chi connectivity index (χ4n) is 1.07. The van der Waals surface area contributed by atoms with Crippen molar-refractivity contribution in [3.05, 3.63) is 0 Å². The van der Waals surface area contributed by atoms with Crippen LogP contribution in [0.5, 0.6) is 0 Å². The fourth-order valence-corrected chi connectivity index (χ4v) is 2.26. The molecule has 0 saturated carbocycles. The van der Waals surface area contributed by atoms with Crippen LogP contribution < -0.4 is 16.8 Å². The van der Waals surface area contributed by atoms with E-state index in [4.69, 9.17) is 29.8 Å². The van der Waals surface area contributed by atoms with Gasteiger partial charge in [-0.3, -0.25) is 13.6 Å². The maximum absolute atomic E-state index is 12.1. The Hall–Kier alpha value is -0.700. The summed E-state index contributed by atoms with van der Waals surface area (Å²) in [4.78, 5) is 11.4. The summed E-state index contributed by atoms with van der Waals surface area (Å²) in [6.45, 7) is 5.69. The number of ether oxygens (including phenoxy) is 1. The smallest absolute Gasteiger partial charge is 0.444 e. The third-order valence-electron chi connectivity index (χ3n) is 1.75. The van der Waals surface area contributed by atoms with Crippen LogP contribution in [0.15, 0.2) is 0 Å². The Morgan fingerprint density at radius 2 is 1.52 bits per heavy atom. The number of nitrogens with one attached hydrogen (secondary N) is 1. The summed E-state index contributed by atoms with van der Waals surface area (Å²) in [5, 5.41) is 2.46. The van der Waals surface area contributed by atoms with Gasteiger partial charge in [0.2, 0.25) is 0 Å². The Morgan fingerprint density at radius 3 is 1.95 bits per heavy atom. The molecule has 0 aromatic heterocycles. The molecule has 9 nitrogen and oxygen atoms in total. The molecule has 0 aliphatic heterocycles. The van der Waals surface area contributed by atoms with Crippen molar-refractivity contribution in [2.24, 2.45) is 11.5 Å².